The summed E-state index contributed by atoms with van der Waals surface area (Å²) in [6, 6.07) is 10.3. The molecule has 0 spiro atoms. The van der Waals surface area contributed by atoms with Crippen molar-refractivity contribution in [3.63, 3.8) is 0 Å². The Morgan fingerprint density at radius 2 is 1.96 bits per heavy atom. The Morgan fingerprint density at radius 1 is 1.20 bits per heavy atom. The summed E-state index contributed by atoms with van der Waals surface area (Å²) in [5.41, 5.74) is 0.840. The second-order valence-corrected chi connectivity index (χ2v) is 5.21. The largest absolute Gasteiger partial charge is 0.497 e. The number of fused-ring (bicyclic) bond motifs is 1. The fourth-order valence-electron chi connectivity index (χ4n) is 2.25. The third kappa shape index (κ3) is 3.74. The SMILES string of the molecule is COc1ccc2c(=O)c(/C=C/C(=O)Nc3ccc(F)cc3)coc2c1. The van der Waals surface area contributed by atoms with Crippen LogP contribution in [0.25, 0.3) is 17.0 Å². The Kier molecular flexibility index (Phi) is 4.61. The number of hydrogen-bond donors (Lipinski definition) is 1. The zero-order valence-corrected chi connectivity index (χ0v) is 13.3. The van der Waals surface area contributed by atoms with Crippen LogP contribution in [0.4, 0.5) is 10.1 Å². The lowest BCUT2D eigenvalue weighted by Crippen LogP contribution is -2.09. The van der Waals surface area contributed by atoms with E-state index in [4.69, 9.17) is 9.15 Å². The van der Waals surface area contributed by atoms with Crippen molar-refractivity contribution in [2.45, 2.75) is 0 Å². The molecule has 0 radical (unpaired) electrons. The van der Waals surface area contributed by atoms with Crippen LogP contribution in [0.2, 0.25) is 0 Å². The van der Waals surface area contributed by atoms with E-state index in [1.807, 2.05) is 0 Å². The van der Waals surface area contributed by atoms with E-state index in [0.29, 0.717) is 22.4 Å². The van der Waals surface area contributed by atoms with Gasteiger partial charge in [0.05, 0.1) is 18.1 Å². The van der Waals surface area contributed by atoms with Crippen molar-refractivity contribution >= 4 is 28.6 Å². The molecule has 0 bridgehead atoms. The number of carbonyl (C=O) groups is 1. The summed E-state index contributed by atoms with van der Waals surface area (Å²) in [6.45, 7) is 0. The quantitative estimate of drug-likeness (QED) is 0.738. The molecule has 0 aliphatic carbocycles. The van der Waals surface area contributed by atoms with Gasteiger partial charge in [-0.3, -0.25) is 9.59 Å². The molecule has 2 aromatic carbocycles. The monoisotopic (exact) mass is 339 g/mol. The van der Waals surface area contributed by atoms with Gasteiger partial charge in [0, 0.05) is 17.8 Å². The fourth-order valence-corrected chi connectivity index (χ4v) is 2.25. The number of ether oxygens (including phenoxy) is 1. The first-order chi connectivity index (χ1) is 12.1. The van der Waals surface area contributed by atoms with Crippen molar-refractivity contribution in [2.24, 2.45) is 0 Å². The maximum atomic E-state index is 12.8. The van der Waals surface area contributed by atoms with Crippen molar-refractivity contribution < 1.29 is 18.3 Å². The first kappa shape index (κ1) is 16.4. The number of methoxy groups -OCH3 is 1. The zero-order chi connectivity index (χ0) is 17.8. The highest BCUT2D eigenvalue weighted by Crippen LogP contribution is 2.19. The minimum absolute atomic E-state index is 0.243. The zero-order valence-electron chi connectivity index (χ0n) is 13.3. The van der Waals surface area contributed by atoms with Gasteiger partial charge < -0.3 is 14.5 Å². The summed E-state index contributed by atoms with van der Waals surface area (Å²) in [5.74, 6) is -0.252. The minimum atomic E-state index is -0.444. The molecule has 0 unspecified atom stereocenters. The van der Waals surface area contributed by atoms with E-state index >= 15 is 0 Å². The van der Waals surface area contributed by atoms with Gasteiger partial charge in [0.25, 0.3) is 0 Å². The van der Waals surface area contributed by atoms with Gasteiger partial charge in [-0.05, 0) is 42.5 Å². The molecule has 0 saturated carbocycles. The van der Waals surface area contributed by atoms with Crippen LogP contribution in [0.15, 0.2) is 64.0 Å². The number of halogens is 1. The van der Waals surface area contributed by atoms with Gasteiger partial charge in [0.2, 0.25) is 5.91 Å². The molecule has 0 aliphatic rings. The summed E-state index contributed by atoms with van der Waals surface area (Å²) in [4.78, 5) is 24.3. The second-order valence-electron chi connectivity index (χ2n) is 5.21. The van der Waals surface area contributed by atoms with Crippen molar-refractivity contribution in [3.8, 4) is 5.75 Å². The Morgan fingerprint density at radius 3 is 2.68 bits per heavy atom. The highest BCUT2D eigenvalue weighted by molar-refractivity contribution is 6.02. The lowest BCUT2D eigenvalue weighted by molar-refractivity contribution is -0.111. The Bertz CT molecular complexity index is 1010. The van der Waals surface area contributed by atoms with Crippen LogP contribution in [-0.2, 0) is 4.79 Å². The standard InChI is InChI=1S/C19H14FNO4/c1-24-15-7-8-16-17(10-15)25-11-12(19(16)23)2-9-18(22)21-14-5-3-13(20)4-6-14/h2-11H,1H3,(H,21,22)/b9-2+. The van der Waals surface area contributed by atoms with Crippen LogP contribution >= 0.6 is 0 Å². The first-order valence-electron chi connectivity index (χ1n) is 7.41. The highest BCUT2D eigenvalue weighted by atomic mass is 19.1. The van der Waals surface area contributed by atoms with Crippen LogP contribution < -0.4 is 15.5 Å². The Hall–Kier alpha value is -3.41. The van der Waals surface area contributed by atoms with Gasteiger partial charge in [0.15, 0.2) is 5.43 Å². The Labute approximate surface area is 142 Å². The van der Waals surface area contributed by atoms with Crippen molar-refractivity contribution in [1.82, 2.24) is 0 Å². The molecule has 0 atom stereocenters. The molecule has 1 heterocycles. The smallest absolute Gasteiger partial charge is 0.248 e. The number of carbonyl (C=O) groups excluding carboxylic acids is 1. The molecule has 25 heavy (non-hydrogen) atoms. The molecule has 0 fully saturated rings. The molecule has 0 saturated heterocycles. The van der Waals surface area contributed by atoms with E-state index in [1.165, 1.54) is 49.8 Å². The number of benzene rings is 2. The van der Waals surface area contributed by atoms with Gasteiger partial charge in [-0.1, -0.05) is 0 Å². The third-order valence-corrected chi connectivity index (χ3v) is 3.53. The normalized spacial score (nSPS) is 11.0. The molecular weight excluding hydrogens is 325 g/mol. The third-order valence-electron chi connectivity index (χ3n) is 3.53. The van der Waals surface area contributed by atoms with Crippen LogP contribution in [0, 0.1) is 5.82 Å². The van der Waals surface area contributed by atoms with E-state index in [2.05, 4.69) is 5.32 Å². The first-order valence-corrected chi connectivity index (χ1v) is 7.41. The number of anilines is 1. The average molecular weight is 339 g/mol. The van der Waals surface area contributed by atoms with Crippen molar-refractivity contribution in [1.29, 1.82) is 0 Å². The van der Waals surface area contributed by atoms with E-state index in [0.717, 1.165) is 0 Å². The van der Waals surface area contributed by atoms with Gasteiger partial charge >= 0.3 is 0 Å². The van der Waals surface area contributed by atoms with Gasteiger partial charge in [-0.2, -0.15) is 0 Å². The average Bonchev–Trinajstić information content (AvgIpc) is 2.63. The van der Waals surface area contributed by atoms with E-state index in [-0.39, 0.29) is 16.8 Å². The van der Waals surface area contributed by atoms with Gasteiger partial charge in [-0.15, -0.1) is 0 Å². The van der Waals surface area contributed by atoms with Gasteiger partial charge in [0.1, 0.15) is 23.4 Å². The fraction of sp³-hybridized carbons (Fsp3) is 0.0526. The molecule has 1 aromatic heterocycles. The topological polar surface area (TPSA) is 68.5 Å². The summed E-state index contributed by atoms with van der Waals surface area (Å²) in [6.07, 6.45) is 3.87. The molecule has 5 nitrogen and oxygen atoms in total. The summed E-state index contributed by atoms with van der Waals surface area (Å²) in [7, 11) is 1.52. The van der Waals surface area contributed by atoms with Crippen LogP contribution in [0.1, 0.15) is 5.56 Å². The van der Waals surface area contributed by atoms with E-state index < -0.39 is 5.91 Å². The minimum Gasteiger partial charge on any atom is -0.497 e. The molecule has 126 valence electrons. The summed E-state index contributed by atoms with van der Waals surface area (Å²) >= 11 is 0. The molecule has 0 aliphatic heterocycles. The van der Waals surface area contributed by atoms with Crippen LogP contribution in [0.5, 0.6) is 5.75 Å². The lowest BCUT2D eigenvalue weighted by atomic mass is 10.1. The predicted octanol–water partition coefficient (Wildman–Crippen LogP) is 3.59. The molecule has 3 aromatic rings. The maximum Gasteiger partial charge on any atom is 0.248 e. The molecule has 1 N–H and O–H groups in total. The lowest BCUT2D eigenvalue weighted by Gasteiger charge is -2.03. The molecular formula is C19H14FNO4. The number of hydrogen-bond acceptors (Lipinski definition) is 4. The summed E-state index contributed by atoms with van der Waals surface area (Å²) < 4.78 is 23.3. The molecule has 3 rings (SSSR count). The van der Waals surface area contributed by atoms with E-state index in [1.54, 1.807) is 18.2 Å². The van der Waals surface area contributed by atoms with Crippen molar-refractivity contribution in [2.75, 3.05) is 12.4 Å². The number of rotatable bonds is 4. The molecule has 6 heteroatoms. The highest BCUT2D eigenvalue weighted by Gasteiger charge is 2.07. The van der Waals surface area contributed by atoms with Crippen LogP contribution in [0.3, 0.4) is 0 Å². The Balaban J connectivity index is 1.81. The number of nitrogens with one attached hydrogen (secondary N) is 1. The van der Waals surface area contributed by atoms with Crippen molar-refractivity contribution in [3.05, 3.63) is 76.4 Å². The maximum absolute atomic E-state index is 12.8. The second kappa shape index (κ2) is 7.00. The predicted molar refractivity (Wildman–Crippen MR) is 93.1 cm³/mol. The molecule has 1 amide bonds. The van der Waals surface area contributed by atoms with E-state index in [9.17, 15) is 14.0 Å². The van der Waals surface area contributed by atoms with Crippen LogP contribution in [-0.4, -0.2) is 13.0 Å². The summed E-state index contributed by atoms with van der Waals surface area (Å²) in [5, 5.41) is 2.96. The van der Waals surface area contributed by atoms with Gasteiger partial charge in [-0.25, -0.2) is 4.39 Å². The number of amides is 1.